The summed E-state index contributed by atoms with van der Waals surface area (Å²) in [4.78, 5) is 25.1. The summed E-state index contributed by atoms with van der Waals surface area (Å²) in [6.45, 7) is 3.98. The van der Waals surface area contributed by atoms with Crippen LogP contribution in [-0.4, -0.2) is 11.8 Å². The van der Waals surface area contributed by atoms with E-state index in [0.29, 0.717) is 15.4 Å². The lowest BCUT2D eigenvalue weighted by Crippen LogP contribution is -2.17. The predicted molar refractivity (Wildman–Crippen MR) is 101 cm³/mol. The molecule has 6 heteroatoms. The molecule has 24 heavy (non-hydrogen) atoms. The number of allylic oxidation sites excluding steroid dienone is 4. The van der Waals surface area contributed by atoms with Gasteiger partial charge in [0.1, 0.15) is 5.00 Å². The highest BCUT2D eigenvalue weighted by Crippen LogP contribution is 2.37. The minimum atomic E-state index is -0.517. The number of nitrogens with two attached hydrogens (primary N) is 1. The zero-order valence-corrected chi connectivity index (χ0v) is 15.1. The van der Waals surface area contributed by atoms with Crippen LogP contribution < -0.4 is 11.1 Å². The van der Waals surface area contributed by atoms with Crippen LogP contribution in [0.5, 0.6) is 0 Å². The molecule has 124 valence electrons. The molecule has 2 aromatic rings. The molecule has 3 rings (SSSR count). The molecule has 0 aromatic carbocycles. The average Bonchev–Trinajstić information content (AvgIpc) is 3.14. The second-order valence-electron chi connectivity index (χ2n) is 5.81. The van der Waals surface area contributed by atoms with Gasteiger partial charge >= 0.3 is 0 Å². The van der Waals surface area contributed by atoms with Crippen molar-refractivity contribution >= 4 is 45.1 Å². The Morgan fingerprint density at radius 3 is 2.54 bits per heavy atom. The van der Waals surface area contributed by atoms with Crippen LogP contribution in [0, 0.1) is 6.92 Å². The van der Waals surface area contributed by atoms with E-state index in [0.717, 1.165) is 29.5 Å². The number of thiophene rings is 2. The van der Waals surface area contributed by atoms with Gasteiger partial charge in [0, 0.05) is 10.9 Å². The maximum absolute atomic E-state index is 12.4. The lowest BCUT2D eigenvalue weighted by atomic mass is 9.93. The molecule has 0 saturated heterocycles. The number of amides is 2. The van der Waals surface area contributed by atoms with Crippen LogP contribution in [0.4, 0.5) is 5.00 Å². The van der Waals surface area contributed by atoms with Crippen molar-refractivity contribution in [3.63, 3.8) is 0 Å². The molecule has 1 aliphatic carbocycles. The molecule has 0 aliphatic heterocycles. The molecule has 0 radical (unpaired) electrons. The maximum atomic E-state index is 12.4. The van der Waals surface area contributed by atoms with Crippen molar-refractivity contribution in [1.82, 2.24) is 0 Å². The predicted octanol–water partition coefficient (Wildman–Crippen LogP) is 4.59. The largest absolute Gasteiger partial charge is 0.365 e. The number of aryl methyl sites for hydroxylation is 1. The molecule has 0 saturated carbocycles. The van der Waals surface area contributed by atoms with E-state index in [9.17, 15) is 9.59 Å². The normalized spacial score (nSPS) is 14.1. The molecule has 0 unspecified atom stereocenters. The SMILES string of the molecule is CC1=CC=C(c2csc(NC(=O)c3sccc3C)c2C(N)=O)CC1. The highest BCUT2D eigenvalue weighted by Gasteiger charge is 2.22. The monoisotopic (exact) mass is 358 g/mol. The number of rotatable bonds is 4. The lowest BCUT2D eigenvalue weighted by molar-refractivity contribution is 0.100. The topological polar surface area (TPSA) is 72.2 Å². The minimum absolute atomic E-state index is 0.202. The van der Waals surface area contributed by atoms with E-state index in [1.165, 1.54) is 28.2 Å². The van der Waals surface area contributed by atoms with Crippen LogP contribution in [0.1, 0.15) is 50.9 Å². The first-order valence-corrected chi connectivity index (χ1v) is 9.36. The Balaban J connectivity index is 1.94. The average molecular weight is 358 g/mol. The number of carbonyl (C=O) groups excluding carboxylic acids is 2. The van der Waals surface area contributed by atoms with Gasteiger partial charge in [-0.3, -0.25) is 9.59 Å². The fourth-order valence-corrected chi connectivity index (χ4v) is 4.47. The van der Waals surface area contributed by atoms with E-state index < -0.39 is 5.91 Å². The zero-order chi connectivity index (χ0) is 17.3. The number of hydrogen-bond acceptors (Lipinski definition) is 4. The van der Waals surface area contributed by atoms with E-state index in [4.69, 9.17) is 5.73 Å². The second kappa shape index (κ2) is 6.75. The third kappa shape index (κ3) is 3.20. The number of nitrogens with one attached hydrogen (secondary N) is 1. The van der Waals surface area contributed by atoms with E-state index >= 15 is 0 Å². The number of carbonyl (C=O) groups is 2. The van der Waals surface area contributed by atoms with Crippen molar-refractivity contribution in [3.8, 4) is 0 Å². The Kier molecular flexibility index (Phi) is 4.69. The quantitative estimate of drug-likeness (QED) is 0.839. The van der Waals surface area contributed by atoms with Gasteiger partial charge in [-0.15, -0.1) is 22.7 Å². The molecule has 0 fully saturated rings. The fourth-order valence-electron chi connectivity index (χ4n) is 2.66. The van der Waals surface area contributed by atoms with E-state index in [-0.39, 0.29) is 5.91 Å². The van der Waals surface area contributed by atoms with Gasteiger partial charge in [0.05, 0.1) is 10.4 Å². The molecule has 3 N–H and O–H groups in total. The molecule has 2 aromatic heterocycles. The van der Waals surface area contributed by atoms with Gasteiger partial charge in [-0.1, -0.05) is 17.7 Å². The van der Waals surface area contributed by atoms with Crippen molar-refractivity contribution in [1.29, 1.82) is 0 Å². The Morgan fingerprint density at radius 2 is 1.96 bits per heavy atom. The van der Waals surface area contributed by atoms with Crippen molar-refractivity contribution in [2.75, 3.05) is 5.32 Å². The Bertz CT molecular complexity index is 871. The number of hydrogen-bond donors (Lipinski definition) is 2. The van der Waals surface area contributed by atoms with Crippen LogP contribution in [0.25, 0.3) is 5.57 Å². The second-order valence-corrected chi connectivity index (χ2v) is 7.61. The molecule has 0 spiro atoms. The summed E-state index contributed by atoms with van der Waals surface area (Å²) in [5, 5.41) is 7.14. The van der Waals surface area contributed by atoms with Crippen molar-refractivity contribution in [2.45, 2.75) is 26.7 Å². The summed E-state index contributed by atoms with van der Waals surface area (Å²) in [5.41, 5.74) is 10.1. The van der Waals surface area contributed by atoms with Crippen LogP contribution in [0.15, 0.2) is 34.6 Å². The summed E-state index contributed by atoms with van der Waals surface area (Å²) in [6, 6.07) is 1.90. The maximum Gasteiger partial charge on any atom is 0.266 e. The zero-order valence-electron chi connectivity index (χ0n) is 13.5. The third-order valence-electron chi connectivity index (χ3n) is 4.04. The molecule has 1 aliphatic rings. The first kappa shape index (κ1) is 16.7. The molecule has 2 heterocycles. The van der Waals surface area contributed by atoms with Crippen LogP contribution in [0.3, 0.4) is 0 Å². The molecule has 4 nitrogen and oxygen atoms in total. The molecular weight excluding hydrogens is 340 g/mol. The Hall–Kier alpha value is -2.18. The highest BCUT2D eigenvalue weighted by molar-refractivity contribution is 7.15. The fraction of sp³-hybridized carbons (Fsp3) is 0.222. The van der Waals surface area contributed by atoms with Gasteiger partial charge < -0.3 is 11.1 Å². The Morgan fingerprint density at radius 1 is 1.17 bits per heavy atom. The molecule has 0 atom stereocenters. The first-order valence-electron chi connectivity index (χ1n) is 7.61. The van der Waals surface area contributed by atoms with Crippen LogP contribution >= 0.6 is 22.7 Å². The van der Waals surface area contributed by atoms with E-state index in [1.54, 1.807) is 0 Å². The Labute approximate surface area is 148 Å². The number of primary amides is 1. The molecule has 0 bridgehead atoms. The van der Waals surface area contributed by atoms with E-state index in [2.05, 4.69) is 18.3 Å². The summed E-state index contributed by atoms with van der Waals surface area (Å²) < 4.78 is 0. The standard InChI is InChI=1S/C18H18N2O2S2/c1-10-3-5-12(6-4-10)13-9-24-18(14(13)16(19)21)20-17(22)15-11(2)7-8-23-15/h3,5,7-9H,4,6H2,1-2H3,(H2,19,21)(H,20,22). The summed E-state index contributed by atoms with van der Waals surface area (Å²) >= 11 is 2.72. The van der Waals surface area contributed by atoms with Gasteiger partial charge in [0.15, 0.2) is 0 Å². The van der Waals surface area contributed by atoms with E-state index in [1.807, 2.05) is 29.8 Å². The van der Waals surface area contributed by atoms with Crippen LogP contribution in [0.2, 0.25) is 0 Å². The summed E-state index contributed by atoms with van der Waals surface area (Å²) in [5.74, 6) is -0.719. The molecule has 2 amide bonds. The highest BCUT2D eigenvalue weighted by atomic mass is 32.1. The summed E-state index contributed by atoms with van der Waals surface area (Å²) in [6.07, 6.45) is 5.93. The smallest absolute Gasteiger partial charge is 0.266 e. The van der Waals surface area contributed by atoms with Gasteiger partial charge in [0.2, 0.25) is 0 Å². The van der Waals surface area contributed by atoms with Crippen molar-refractivity contribution < 1.29 is 9.59 Å². The minimum Gasteiger partial charge on any atom is -0.365 e. The van der Waals surface area contributed by atoms with Crippen molar-refractivity contribution in [2.24, 2.45) is 5.73 Å². The molecular formula is C18H18N2O2S2. The first-order chi connectivity index (χ1) is 11.5. The van der Waals surface area contributed by atoms with Gasteiger partial charge in [0.25, 0.3) is 11.8 Å². The number of anilines is 1. The van der Waals surface area contributed by atoms with Gasteiger partial charge in [-0.05, 0) is 49.3 Å². The summed E-state index contributed by atoms with van der Waals surface area (Å²) in [7, 11) is 0. The third-order valence-corrected chi connectivity index (χ3v) is 5.95. The van der Waals surface area contributed by atoms with Crippen molar-refractivity contribution in [3.05, 3.63) is 56.1 Å². The lowest BCUT2D eigenvalue weighted by Gasteiger charge is -2.13. The van der Waals surface area contributed by atoms with Gasteiger partial charge in [-0.2, -0.15) is 0 Å². The van der Waals surface area contributed by atoms with Gasteiger partial charge in [-0.25, -0.2) is 0 Å². The van der Waals surface area contributed by atoms with Crippen LogP contribution in [-0.2, 0) is 0 Å².